The van der Waals surface area contributed by atoms with Gasteiger partial charge < -0.3 is 9.63 Å². The molecule has 0 N–H and O–H groups in total. The maximum absolute atomic E-state index is 13.3. The topological polar surface area (TPSA) is 70.0 Å². The van der Waals surface area contributed by atoms with E-state index in [4.69, 9.17) is 23.2 Å². The summed E-state index contributed by atoms with van der Waals surface area (Å²) in [5.74, 6) is -2.17. The van der Waals surface area contributed by atoms with Crippen molar-refractivity contribution in [3.63, 3.8) is 0 Å². The molecular formula is C17H9Cl2FN2O3. The van der Waals surface area contributed by atoms with Gasteiger partial charge in [0.2, 0.25) is 5.69 Å². The van der Waals surface area contributed by atoms with E-state index >= 15 is 0 Å². The lowest BCUT2D eigenvalue weighted by Gasteiger charge is -1.97. The van der Waals surface area contributed by atoms with E-state index in [1.165, 1.54) is 24.3 Å². The van der Waals surface area contributed by atoms with Crippen molar-refractivity contribution in [3.8, 4) is 11.6 Å². The van der Waals surface area contributed by atoms with Gasteiger partial charge in [-0.3, -0.25) is 4.79 Å². The van der Waals surface area contributed by atoms with Crippen LogP contribution in [0, 0.1) is 5.82 Å². The average Bonchev–Trinajstić information content (AvgIpc) is 2.98. The Labute approximate surface area is 151 Å². The molecule has 0 amide bonds. The second kappa shape index (κ2) is 7.04. The number of carbonyl (C=O) groups excluding carboxylic acids is 1. The number of hydrogen-bond donors (Lipinski definition) is 0. The van der Waals surface area contributed by atoms with Gasteiger partial charge in [-0.25, -0.2) is 4.39 Å². The lowest BCUT2D eigenvalue weighted by molar-refractivity contribution is -0.672. The Morgan fingerprint density at radius 2 is 1.92 bits per heavy atom. The highest BCUT2D eigenvalue weighted by Gasteiger charge is 2.26. The highest BCUT2D eigenvalue weighted by atomic mass is 35.5. The molecule has 0 aliphatic heterocycles. The average molecular weight is 379 g/mol. The largest absolute Gasteiger partial charge is 0.539 e. The van der Waals surface area contributed by atoms with Crippen LogP contribution in [0.5, 0.6) is 5.95 Å². The Hall–Kier alpha value is -2.70. The monoisotopic (exact) mass is 378 g/mol. The molecule has 0 saturated heterocycles. The summed E-state index contributed by atoms with van der Waals surface area (Å²) in [7, 11) is 0. The van der Waals surface area contributed by atoms with E-state index in [9.17, 15) is 14.3 Å². The van der Waals surface area contributed by atoms with E-state index in [2.05, 4.69) is 9.79 Å². The van der Waals surface area contributed by atoms with Gasteiger partial charge in [-0.1, -0.05) is 41.4 Å². The maximum atomic E-state index is 13.3. The zero-order valence-corrected chi connectivity index (χ0v) is 14.0. The third-order valence-electron chi connectivity index (χ3n) is 3.29. The second-order valence-corrected chi connectivity index (χ2v) is 5.81. The van der Waals surface area contributed by atoms with Crippen molar-refractivity contribution in [1.82, 2.24) is 5.27 Å². The summed E-state index contributed by atoms with van der Waals surface area (Å²) < 4.78 is 18.8. The second-order valence-electron chi connectivity index (χ2n) is 4.97. The van der Waals surface area contributed by atoms with Crippen molar-refractivity contribution in [2.45, 2.75) is 0 Å². The number of allylic oxidation sites excluding steroid dienone is 1. The number of rotatable bonds is 4. The fraction of sp³-hybridized carbons (Fsp3) is 0. The molecule has 0 aliphatic rings. The van der Waals surface area contributed by atoms with Crippen LogP contribution >= 0.6 is 23.2 Å². The summed E-state index contributed by atoms with van der Waals surface area (Å²) in [5, 5.41) is 15.7. The zero-order chi connectivity index (χ0) is 18.0. The molecule has 8 heteroatoms. The number of hydrogen-bond acceptors (Lipinski definition) is 4. The SMILES string of the molecule is O=C(/C=C/c1ccc(Cl)cc1)c1c([O-])on[n+]1-c1ccc(F)c(Cl)c1. The van der Waals surface area contributed by atoms with E-state index in [0.29, 0.717) is 5.02 Å². The molecule has 5 nitrogen and oxygen atoms in total. The van der Waals surface area contributed by atoms with Crippen LogP contribution in [0.4, 0.5) is 4.39 Å². The first kappa shape index (κ1) is 17.1. The predicted octanol–water partition coefficient (Wildman–Crippen LogP) is 3.37. The third-order valence-corrected chi connectivity index (χ3v) is 3.83. The minimum absolute atomic E-state index is 0.171. The Morgan fingerprint density at radius 3 is 2.60 bits per heavy atom. The Bertz CT molecular complexity index is 969. The molecule has 0 spiro atoms. The molecule has 0 atom stereocenters. The van der Waals surface area contributed by atoms with Gasteiger partial charge in [0.05, 0.1) is 10.3 Å². The van der Waals surface area contributed by atoms with E-state index < -0.39 is 17.5 Å². The summed E-state index contributed by atoms with van der Waals surface area (Å²) in [4.78, 5) is 12.4. The lowest BCUT2D eigenvalue weighted by atomic mass is 10.1. The number of aromatic nitrogens is 2. The molecule has 25 heavy (non-hydrogen) atoms. The maximum Gasteiger partial charge on any atom is 0.310 e. The minimum atomic E-state index is -0.911. The molecule has 2 aromatic carbocycles. The fourth-order valence-electron chi connectivity index (χ4n) is 2.07. The van der Waals surface area contributed by atoms with E-state index in [1.54, 1.807) is 24.3 Å². The van der Waals surface area contributed by atoms with Crippen molar-refractivity contribution in [2.24, 2.45) is 0 Å². The smallest absolute Gasteiger partial charge is 0.310 e. The quantitative estimate of drug-likeness (QED) is 0.396. The van der Waals surface area contributed by atoms with Crippen LogP contribution in [0.25, 0.3) is 11.8 Å². The van der Waals surface area contributed by atoms with Gasteiger partial charge in [-0.15, -0.1) is 0 Å². The molecule has 0 unspecified atom stereocenters. The van der Waals surface area contributed by atoms with E-state index in [-0.39, 0.29) is 16.4 Å². The number of carbonyl (C=O) groups is 1. The Kier molecular flexibility index (Phi) is 4.83. The van der Waals surface area contributed by atoms with Gasteiger partial charge in [0, 0.05) is 17.2 Å². The highest BCUT2D eigenvalue weighted by Crippen LogP contribution is 2.18. The molecule has 0 saturated carbocycles. The summed E-state index contributed by atoms with van der Waals surface area (Å²) >= 11 is 11.5. The minimum Gasteiger partial charge on any atom is -0.539 e. The lowest BCUT2D eigenvalue weighted by Crippen LogP contribution is -2.38. The first-order valence-electron chi connectivity index (χ1n) is 6.98. The Morgan fingerprint density at radius 1 is 1.20 bits per heavy atom. The highest BCUT2D eigenvalue weighted by molar-refractivity contribution is 6.31. The van der Waals surface area contributed by atoms with Gasteiger partial charge in [-0.05, 0) is 34.5 Å². The predicted molar refractivity (Wildman–Crippen MR) is 87.3 cm³/mol. The van der Waals surface area contributed by atoms with Crippen LogP contribution < -0.4 is 9.79 Å². The summed E-state index contributed by atoms with van der Waals surface area (Å²) in [5.41, 5.74) is 0.617. The van der Waals surface area contributed by atoms with Crippen molar-refractivity contribution in [1.29, 1.82) is 0 Å². The van der Waals surface area contributed by atoms with Crippen molar-refractivity contribution < 1.29 is 23.5 Å². The molecule has 0 fully saturated rings. The van der Waals surface area contributed by atoms with Crippen LogP contribution in [0.1, 0.15) is 16.1 Å². The van der Waals surface area contributed by atoms with Gasteiger partial charge in [-0.2, -0.15) is 0 Å². The van der Waals surface area contributed by atoms with Crippen LogP contribution in [0.15, 0.2) is 53.1 Å². The van der Waals surface area contributed by atoms with Gasteiger partial charge in [0.1, 0.15) is 5.82 Å². The number of nitrogens with zero attached hydrogens (tertiary/aromatic N) is 2. The van der Waals surface area contributed by atoms with Gasteiger partial charge in [0.25, 0.3) is 5.78 Å². The van der Waals surface area contributed by atoms with E-state index in [0.717, 1.165) is 16.3 Å². The molecule has 3 aromatic rings. The summed E-state index contributed by atoms with van der Waals surface area (Å²) in [6.45, 7) is 0. The fourth-order valence-corrected chi connectivity index (χ4v) is 2.37. The summed E-state index contributed by atoms with van der Waals surface area (Å²) in [6.07, 6.45) is 2.73. The van der Waals surface area contributed by atoms with Crippen LogP contribution in [-0.2, 0) is 0 Å². The third kappa shape index (κ3) is 3.70. The van der Waals surface area contributed by atoms with E-state index in [1.807, 2.05) is 0 Å². The Balaban J connectivity index is 1.94. The van der Waals surface area contributed by atoms with Crippen LogP contribution in [0.2, 0.25) is 10.0 Å². The van der Waals surface area contributed by atoms with Crippen LogP contribution in [-0.4, -0.2) is 11.1 Å². The van der Waals surface area contributed by atoms with Gasteiger partial charge >= 0.3 is 5.69 Å². The van der Waals surface area contributed by atoms with Crippen molar-refractivity contribution in [2.75, 3.05) is 0 Å². The molecule has 0 radical (unpaired) electrons. The zero-order valence-electron chi connectivity index (χ0n) is 12.4. The molecule has 0 aliphatic carbocycles. The molecular weight excluding hydrogens is 370 g/mol. The number of benzene rings is 2. The molecule has 126 valence electrons. The van der Waals surface area contributed by atoms with Crippen molar-refractivity contribution in [3.05, 3.63) is 75.7 Å². The standard InChI is InChI=1S/C17H9Cl2FN2O3/c18-11-4-1-10(2-5-11)3-8-15(23)16-17(24)25-21-22(16)12-6-7-14(20)13(19)9-12/h1-9H/b8-3+. The summed E-state index contributed by atoms with van der Waals surface area (Å²) in [6, 6.07) is 10.4. The van der Waals surface area contributed by atoms with Crippen molar-refractivity contribution >= 4 is 35.1 Å². The molecule has 1 aromatic heterocycles. The van der Waals surface area contributed by atoms with Crippen LogP contribution in [0.3, 0.4) is 0 Å². The number of halogens is 3. The normalized spacial score (nSPS) is 11.2. The first-order chi connectivity index (χ1) is 12.0. The first-order valence-corrected chi connectivity index (χ1v) is 7.74. The number of ketones is 1. The molecule has 3 rings (SSSR count). The van der Waals surface area contributed by atoms with Gasteiger partial charge in [0.15, 0.2) is 5.95 Å². The molecule has 1 heterocycles. The molecule has 0 bridgehead atoms.